The Kier molecular flexibility index (Phi) is 2.42. The first-order chi connectivity index (χ1) is 7.22. The maximum Gasteiger partial charge on any atom is 0.338 e. The van der Waals surface area contributed by atoms with Gasteiger partial charge in [0, 0.05) is 5.38 Å². The molecule has 0 fully saturated rings. The maximum atomic E-state index is 11.2. The van der Waals surface area contributed by atoms with Crippen LogP contribution in [0.25, 0.3) is 10.6 Å². The number of esters is 1. The minimum Gasteiger partial charge on any atom is -0.465 e. The molecule has 2 aromatic heterocycles. The van der Waals surface area contributed by atoms with Crippen LogP contribution in [0.15, 0.2) is 22.2 Å². The summed E-state index contributed by atoms with van der Waals surface area (Å²) in [5.41, 5.74) is 6.56. The molecule has 0 radical (unpaired) electrons. The van der Waals surface area contributed by atoms with Crippen LogP contribution in [0.2, 0.25) is 0 Å². The number of anilines is 1. The third-order valence-corrected chi connectivity index (χ3v) is 2.77. The lowest BCUT2D eigenvalue weighted by atomic mass is 10.2. The molecule has 0 atom stereocenters. The van der Waals surface area contributed by atoms with Gasteiger partial charge in [-0.1, -0.05) is 5.16 Å². The molecule has 0 saturated carbocycles. The summed E-state index contributed by atoms with van der Waals surface area (Å²) in [7, 11) is 1.34. The van der Waals surface area contributed by atoms with Crippen LogP contribution in [0.1, 0.15) is 10.4 Å². The lowest BCUT2D eigenvalue weighted by Gasteiger charge is -1.92. The highest BCUT2D eigenvalue weighted by Crippen LogP contribution is 2.31. The molecule has 78 valence electrons. The van der Waals surface area contributed by atoms with Crippen molar-refractivity contribution >= 4 is 23.0 Å². The normalized spacial score (nSPS) is 10.2. The van der Waals surface area contributed by atoms with Gasteiger partial charge >= 0.3 is 5.97 Å². The Morgan fingerprint density at radius 1 is 1.67 bits per heavy atom. The van der Waals surface area contributed by atoms with E-state index in [1.165, 1.54) is 24.6 Å². The van der Waals surface area contributed by atoms with Crippen LogP contribution in [0.4, 0.5) is 5.69 Å². The Morgan fingerprint density at radius 2 is 2.47 bits per heavy atom. The molecule has 0 unspecified atom stereocenters. The number of hydrogen-bond donors (Lipinski definition) is 1. The number of methoxy groups -OCH3 is 1. The SMILES string of the molecule is COC(=O)c1csc(-c2oncc2N)c1. The fraction of sp³-hybridized carbons (Fsp3) is 0.111. The first kappa shape index (κ1) is 9.72. The van der Waals surface area contributed by atoms with E-state index in [0.29, 0.717) is 17.0 Å². The van der Waals surface area contributed by atoms with E-state index in [0.717, 1.165) is 4.88 Å². The third kappa shape index (κ3) is 1.71. The first-order valence-electron chi connectivity index (χ1n) is 4.09. The highest BCUT2D eigenvalue weighted by Gasteiger charge is 2.14. The molecule has 0 spiro atoms. The van der Waals surface area contributed by atoms with Gasteiger partial charge in [-0.15, -0.1) is 11.3 Å². The number of hydrogen-bond acceptors (Lipinski definition) is 6. The molecule has 0 bridgehead atoms. The van der Waals surface area contributed by atoms with Crippen LogP contribution in [0.3, 0.4) is 0 Å². The van der Waals surface area contributed by atoms with E-state index in [9.17, 15) is 4.79 Å². The predicted molar refractivity (Wildman–Crippen MR) is 55.6 cm³/mol. The van der Waals surface area contributed by atoms with Crippen molar-refractivity contribution in [2.45, 2.75) is 0 Å². The van der Waals surface area contributed by atoms with Crippen LogP contribution in [0.5, 0.6) is 0 Å². The van der Waals surface area contributed by atoms with E-state index in [1.807, 2.05) is 0 Å². The predicted octanol–water partition coefficient (Wildman–Crippen LogP) is 1.77. The van der Waals surface area contributed by atoms with Crippen molar-refractivity contribution in [3.05, 3.63) is 23.2 Å². The van der Waals surface area contributed by atoms with Crippen molar-refractivity contribution in [3.8, 4) is 10.6 Å². The topological polar surface area (TPSA) is 78.3 Å². The molecule has 0 aliphatic rings. The van der Waals surface area contributed by atoms with Gasteiger partial charge in [-0.3, -0.25) is 0 Å². The van der Waals surface area contributed by atoms with Gasteiger partial charge in [0.15, 0.2) is 5.76 Å². The van der Waals surface area contributed by atoms with Crippen molar-refractivity contribution in [2.24, 2.45) is 0 Å². The quantitative estimate of drug-likeness (QED) is 0.786. The second-order valence-corrected chi connectivity index (χ2v) is 3.71. The number of nitrogen functional groups attached to an aromatic ring is 1. The molecule has 2 rings (SSSR count). The van der Waals surface area contributed by atoms with E-state index >= 15 is 0 Å². The van der Waals surface area contributed by atoms with Crippen molar-refractivity contribution < 1.29 is 14.1 Å². The highest BCUT2D eigenvalue weighted by molar-refractivity contribution is 7.13. The van der Waals surface area contributed by atoms with Crippen LogP contribution in [0, 0.1) is 0 Å². The van der Waals surface area contributed by atoms with Crippen LogP contribution >= 0.6 is 11.3 Å². The van der Waals surface area contributed by atoms with E-state index < -0.39 is 0 Å². The lowest BCUT2D eigenvalue weighted by molar-refractivity contribution is 0.0601. The maximum absolute atomic E-state index is 11.2. The summed E-state index contributed by atoms with van der Waals surface area (Å²) >= 11 is 1.35. The Morgan fingerprint density at radius 3 is 3.07 bits per heavy atom. The Bertz CT molecular complexity index is 489. The summed E-state index contributed by atoms with van der Waals surface area (Å²) in [6.07, 6.45) is 1.42. The molecular weight excluding hydrogens is 216 g/mol. The Hall–Kier alpha value is -1.82. The number of nitrogens with two attached hydrogens (primary N) is 1. The average molecular weight is 224 g/mol. The lowest BCUT2D eigenvalue weighted by Crippen LogP contribution is -1.98. The van der Waals surface area contributed by atoms with E-state index in [1.54, 1.807) is 11.4 Å². The smallest absolute Gasteiger partial charge is 0.338 e. The van der Waals surface area contributed by atoms with Crippen molar-refractivity contribution in [1.29, 1.82) is 0 Å². The summed E-state index contributed by atoms with van der Waals surface area (Å²) in [5, 5.41) is 5.25. The van der Waals surface area contributed by atoms with Gasteiger partial charge in [0.25, 0.3) is 0 Å². The molecule has 0 aromatic carbocycles. The number of aromatic nitrogens is 1. The van der Waals surface area contributed by atoms with Crippen LogP contribution < -0.4 is 5.73 Å². The molecule has 0 aliphatic heterocycles. The number of ether oxygens (including phenoxy) is 1. The molecule has 2 N–H and O–H groups in total. The zero-order chi connectivity index (χ0) is 10.8. The monoisotopic (exact) mass is 224 g/mol. The van der Waals surface area contributed by atoms with Crippen molar-refractivity contribution in [3.63, 3.8) is 0 Å². The molecule has 2 heterocycles. The molecule has 0 saturated heterocycles. The molecule has 6 heteroatoms. The van der Waals surface area contributed by atoms with Crippen LogP contribution in [-0.2, 0) is 4.74 Å². The molecular formula is C9H8N2O3S. The van der Waals surface area contributed by atoms with Gasteiger partial charge in [0.2, 0.25) is 0 Å². The molecule has 0 aliphatic carbocycles. The largest absolute Gasteiger partial charge is 0.465 e. The number of thiophene rings is 1. The molecule has 5 nitrogen and oxygen atoms in total. The zero-order valence-electron chi connectivity index (χ0n) is 7.89. The van der Waals surface area contributed by atoms with E-state index in [-0.39, 0.29) is 5.97 Å². The fourth-order valence-corrected chi connectivity index (χ4v) is 1.99. The number of carbonyl (C=O) groups excluding carboxylic acids is 1. The number of carbonyl (C=O) groups is 1. The average Bonchev–Trinajstić information content (AvgIpc) is 2.84. The third-order valence-electron chi connectivity index (χ3n) is 1.84. The van der Waals surface area contributed by atoms with Crippen LogP contribution in [-0.4, -0.2) is 18.2 Å². The van der Waals surface area contributed by atoms with Gasteiger partial charge < -0.3 is 15.0 Å². The van der Waals surface area contributed by atoms with Gasteiger partial charge in [-0.2, -0.15) is 0 Å². The highest BCUT2D eigenvalue weighted by atomic mass is 32.1. The summed E-state index contributed by atoms with van der Waals surface area (Å²) in [6.45, 7) is 0. The Labute approximate surface area is 89.4 Å². The van der Waals surface area contributed by atoms with Crippen molar-refractivity contribution in [1.82, 2.24) is 5.16 Å². The standard InChI is InChI=1S/C9H8N2O3S/c1-13-9(12)5-2-7(15-4-5)8-6(10)3-11-14-8/h2-4H,10H2,1H3. The summed E-state index contributed by atoms with van der Waals surface area (Å²) < 4.78 is 9.55. The second kappa shape index (κ2) is 3.74. The zero-order valence-corrected chi connectivity index (χ0v) is 8.71. The van der Waals surface area contributed by atoms with E-state index in [4.69, 9.17) is 10.3 Å². The summed E-state index contributed by atoms with van der Waals surface area (Å²) in [6, 6.07) is 1.66. The molecule has 15 heavy (non-hydrogen) atoms. The van der Waals surface area contributed by atoms with Gasteiger partial charge in [-0.05, 0) is 6.07 Å². The minimum atomic E-state index is -0.379. The minimum absolute atomic E-state index is 0.379. The second-order valence-electron chi connectivity index (χ2n) is 2.80. The first-order valence-corrected chi connectivity index (χ1v) is 4.97. The van der Waals surface area contributed by atoms with Gasteiger partial charge in [-0.25, -0.2) is 4.79 Å². The van der Waals surface area contributed by atoms with Gasteiger partial charge in [0.1, 0.15) is 5.69 Å². The molecule has 2 aromatic rings. The van der Waals surface area contributed by atoms with Gasteiger partial charge in [0.05, 0.1) is 23.7 Å². The Balaban J connectivity index is 2.36. The number of nitrogens with zero attached hydrogens (tertiary/aromatic N) is 1. The van der Waals surface area contributed by atoms with E-state index in [2.05, 4.69) is 9.89 Å². The van der Waals surface area contributed by atoms with Crippen molar-refractivity contribution in [2.75, 3.05) is 12.8 Å². The summed E-state index contributed by atoms with van der Waals surface area (Å²) in [4.78, 5) is 11.9. The number of rotatable bonds is 2. The fourth-order valence-electron chi connectivity index (χ4n) is 1.11. The molecule has 0 amide bonds. The summed E-state index contributed by atoms with van der Waals surface area (Å²) in [5.74, 6) is 0.103.